The molecule has 1 fully saturated rings. The van der Waals surface area contributed by atoms with Crippen molar-refractivity contribution in [3.05, 3.63) is 12.7 Å². The lowest BCUT2D eigenvalue weighted by Crippen LogP contribution is -2.28. The van der Waals surface area contributed by atoms with Crippen LogP contribution < -0.4 is 5.73 Å². The van der Waals surface area contributed by atoms with Crippen molar-refractivity contribution in [3.8, 4) is 0 Å². The van der Waals surface area contributed by atoms with E-state index in [1.807, 2.05) is 25.3 Å². The average Bonchev–Trinajstić information content (AvgIpc) is 3.18. The Morgan fingerprint density at radius 1 is 1.32 bits per heavy atom. The van der Waals surface area contributed by atoms with Gasteiger partial charge in [0.2, 0.25) is 0 Å². The third kappa shape index (κ3) is 4.07. The van der Waals surface area contributed by atoms with Crippen molar-refractivity contribution in [2.45, 2.75) is 45.6 Å². The number of nitrogens with two attached hydrogens (primary N) is 1. The van der Waals surface area contributed by atoms with Crippen LogP contribution in [0.25, 0.3) is 11.2 Å². The van der Waals surface area contributed by atoms with Crippen LogP contribution in [-0.4, -0.2) is 44.9 Å². The van der Waals surface area contributed by atoms with Gasteiger partial charge in [0, 0.05) is 6.42 Å². The zero-order valence-corrected chi connectivity index (χ0v) is 15.6. The fourth-order valence-electron chi connectivity index (χ4n) is 2.76. The van der Waals surface area contributed by atoms with Gasteiger partial charge in [-0.05, 0) is 27.2 Å². The standard InChI is InChI=1S/C15H24N5O4P/c1-4-22-25(23-5-2)10-21-15(3)7-6-11(24-15)20-9-19-12-13(16)17-8-18-14(12)20/h8-9,11H,4-7,10H2,1-3H3,(H2,16,17,18)/t11-,15+/m1/s1. The molecular formula is C15H24N5O4P. The number of ether oxygens (including phenoxy) is 2. The highest BCUT2D eigenvalue weighted by Crippen LogP contribution is 2.43. The number of imidazole rings is 1. The first-order valence-corrected chi connectivity index (χ1v) is 9.70. The smallest absolute Gasteiger partial charge is 0.198 e. The van der Waals surface area contributed by atoms with E-state index in [-0.39, 0.29) is 6.23 Å². The minimum absolute atomic E-state index is 0.213. The molecule has 0 spiro atoms. The number of anilines is 1. The van der Waals surface area contributed by atoms with Gasteiger partial charge >= 0.3 is 0 Å². The highest BCUT2D eigenvalue weighted by atomic mass is 31.2. The summed E-state index contributed by atoms with van der Waals surface area (Å²) >= 11 is 0. The molecule has 0 bridgehead atoms. The summed E-state index contributed by atoms with van der Waals surface area (Å²) in [4.78, 5) is 12.5. The van der Waals surface area contributed by atoms with E-state index in [0.29, 0.717) is 36.5 Å². The van der Waals surface area contributed by atoms with Crippen LogP contribution in [0.2, 0.25) is 0 Å². The maximum Gasteiger partial charge on any atom is 0.198 e. The fraction of sp³-hybridized carbons (Fsp3) is 0.667. The van der Waals surface area contributed by atoms with Gasteiger partial charge < -0.3 is 24.3 Å². The minimum Gasteiger partial charge on any atom is -0.382 e. The zero-order chi connectivity index (χ0) is 17.9. The van der Waals surface area contributed by atoms with E-state index in [0.717, 1.165) is 12.8 Å². The van der Waals surface area contributed by atoms with Gasteiger partial charge in [0.25, 0.3) is 0 Å². The Balaban J connectivity index is 1.66. The second kappa shape index (κ2) is 7.88. The van der Waals surface area contributed by atoms with Gasteiger partial charge in [-0.2, -0.15) is 0 Å². The molecule has 0 aromatic carbocycles. The van der Waals surface area contributed by atoms with Crippen LogP contribution in [0.4, 0.5) is 5.82 Å². The molecule has 0 aliphatic carbocycles. The van der Waals surface area contributed by atoms with Gasteiger partial charge in [0.05, 0.1) is 19.5 Å². The van der Waals surface area contributed by atoms with Crippen LogP contribution in [0, 0.1) is 0 Å². The molecule has 9 nitrogen and oxygen atoms in total. The van der Waals surface area contributed by atoms with Crippen LogP contribution in [0.5, 0.6) is 0 Å². The Kier molecular flexibility index (Phi) is 5.81. The van der Waals surface area contributed by atoms with Crippen LogP contribution in [-0.2, 0) is 18.5 Å². The second-order valence-corrected chi connectivity index (χ2v) is 7.21. The molecule has 2 aromatic heterocycles. The van der Waals surface area contributed by atoms with E-state index < -0.39 is 14.2 Å². The maximum atomic E-state index is 6.15. The van der Waals surface area contributed by atoms with Gasteiger partial charge in [-0.1, -0.05) is 0 Å². The molecule has 2 N–H and O–H groups in total. The van der Waals surface area contributed by atoms with Crippen LogP contribution in [0.3, 0.4) is 0 Å². The van der Waals surface area contributed by atoms with Crippen molar-refractivity contribution in [2.75, 3.05) is 25.3 Å². The molecule has 0 unspecified atom stereocenters. The van der Waals surface area contributed by atoms with Crippen molar-refractivity contribution < 1.29 is 18.5 Å². The molecule has 1 saturated heterocycles. The Morgan fingerprint density at radius 3 is 2.80 bits per heavy atom. The molecule has 10 heteroatoms. The van der Waals surface area contributed by atoms with E-state index in [9.17, 15) is 0 Å². The van der Waals surface area contributed by atoms with Gasteiger partial charge in [-0.3, -0.25) is 4.57 Å². The minimum atomic E-state index is -1.06. The normalized spacial score (nSPS) is 23.8. The summed E-state index contributed by atoms with van der Waals surface area (Å²) < 4.78 is 25.2. The first-order chi connectivity index (χ1) is 12.1. The summed E-state index contributed by atoms with van der Waals surface area (Å²) in [5.41, 5.74) is 7.08. The van der Waals surface area contributed by atoms with Gasteiger partial charge in [0.1, 0.15) is 24.4 Å². The first kappa shape index (κ1) is 18.4. The summed E-state index contributed by atoms with van der Waals surface area (Å²) in [7, 11) is -1.06. The number of nitrogens with zero attached hydrogens (tertiary/aromatic N) is 4. The van der Waals surface area contributed by atoms with E-state index in [1.165, 1.54) is 6.33 Å². The lowest BCUT2D eigenvalue weighted by Gasteiger charge is -2.27. The van der Waals surface area contributed by atoms with Crippen LogP contribution in [0.15, 0.2) is 12.7 Å². The average molecular weight is 369 g/mol. The number of hydrogen-bond acceptors (Lipinski definition) is 8. The number of aromatic nitrogens is 4. The Morgan fingerprint density at radius 2 is 2.08 bits per heavy atom. The first-order valence-electron chi connectivity index (χ1n) is 8.34. The Hall–Kier alpha value is -1.38. The predicted molar refractivity (Wildman–Crippen MR) is 93.6 cm³/mol. The second-order valence-electron chi connectivity index (χ2n) is 5.77. The SMILES string of the molecule is CCOP(CO[C@]1(C)CC[C@H](n2cnc3c(N)ncnc32)O1)OCC. The number of fused-ring (bicyclic) bond motifs is 1. The molecule has 2 aromatic rings. The summed E-state index contributed by atoms with van der Waals surface area (Å²) in [5.74, 6) is -0.339. The summed E-state index contributed by atoms with van der Waals surface area (Å²) in [6, 6.07) is 0. The molecule has 0 amide bonds. The number of hydrogen-bond donors (Lipinski definition) is 1. The monoisotopic (exact) mass is 369 g/mol. The molecular weight excluding hydrogens is 345 g/mol. The molecule has 2 atom stereocenters. The maximum absolute atomic E-state index is 6.15. The van der Waals surface area contributed by atoms with Crippen LogP contribution >= 0.6 is 8.38 Å². The summed E-state index contributed by atoms with van der Waals surface area (Å²) in [6.07, 6.45) is 4.80. The highest BCUT2D eigenvalue weighted by molar-refractivity contribution is 7.47. The molecule has 1 aliphatic rings. The largest absolute Gasteiger partial charge is 0.382 e. The quantitative estimate of drug-likeness (QED) is 0.708. The number of rotatable bonds is 8. The van der Waals surface area contributed by atoms with Crippen molar-refractivity contribution >= 4 is 25.4 Å². The molecule has 0 saturated carbocycles. The third-order valence-electron chi connectivity index (χ3n) is 3.95. The Labute approximate surface area is 147 Å². The van der Waals surface area contributed by atoms with Crippen molar-refractivity contribution in [3.63, 3.8) is 0 Å². The molecule has 1 aliphatic heterocycles. The molecule has 3 heterocycles. The lowest BCUT2D eigenvalue weighted by molar-refractivity contribution is -0.218. The van der Waals surface area contributed by atoms with Crippen molar-refractivity contribution in [1.82, 2.24) is 19.5 Å². The van der Waals surface area contributed by atoms with E-state index in [4.69, 9.17) is 24.3 Å². The highest BCUT2D eigenvalue weighted by Gasteiger charge is 2.39. The zero-order valence-electron chi connectivity index (χ0n) is 14.7. The fourth-order valence-corrected chi connectivity index (χ4v) is 3.94. The van der Waals surface area contributed by atoms with E-state index >= 15 is 0 Å². The summed E-state index contributed by atoms with van der Waals surface area (Å²) in [6.45, 7) is 7.00. The van der Waals surface area contributed by atoms with E-state index in [1.54, 1.807) is 6.33 Å². The molecule has 138 valence electrons. The van der Waals surface area contributed by atoms with E-state index in [2.05, 4.69) is 15.0 Å². The van der Waals surface area contributed by atoms with Gasteiger partial charge in [-0.25, -0.2) is 15.0 Å². The van der Waals surface area contributed by atoms with Crippen LogP contribution in [0.1, 0.15) is 39.8 Å². The third-order valence-corrected chi connectivity index (χ3v) is 5.38. The summed E-state index contributed by atoms with van der Waals surface area (Å²) in [5, 5.41) is 0. The predicted octanol–water partition coefficient (Wildman–Crippen LogP) is 2.79. The van der Waals surface area contributed by atoms with Gasteiger partial charge in [-0.15, -0.1) is 0 Å². The molecule has 0 radical (unpaired) electrons. The number of nitrogen functional groups attached to an aromatic ring is 1. The molecule has 25 heavy (non-hydrogen) atoms. The molecule has 3 rings (SSSR count). The topological polar surface area (TPSA) is 107 Å². The Bertz CT molecular complexity index is 708. The van der Waals surface area contributed by atoms with Crippen molar-refractivity contribution in [1.29, 1.82) is 0 Å². The van der Waals surface area contributed by atoms with Crippen molar-refractivity contribution in [2.24, 2.45) is 0 Å². The van der Waals surface area contributed by atoms with Gasteiger partial charge in [0.15, 0.2) is 25.6 Å². The lowest BCUT2D eigenvalue weighted by atomic mass is 10.2.